The number of benzene rings is 1. The van der Waals surface area contributed by atoms with Gasteiger partial charge in [0.05, 0.1) is 5.69 Å². The minimum Gasteiger partial charge on any atom is -0.366 e. The van der Waals surface area contributed by atoms with Gasteiger partial charge >= 0.3 is 0 Å². The molecular weight excluding hydrogens is 294 g/mol. The zero-order valence-electron chi connectivity index (χ0n) is 12.2. The molecule has 0 saturated heterocycles. The van der Waals surface area contributed by atoms with Crippen LogP contribution in [0, 0.1) is 0 Å². The Bertz CT molecular complexity index is 744. The number of nitrogens with one attached hydrogen (secondary N) is 1. The fourth-order valence-electron chi connectivity index (χ4n) is 1.80. The Hall–Kier alpha value is -2.66. The highest BCUT2D eigenvalue weighted by Gasteiger charge is 2.06. The van der Waals surface area contributed by atoms with Crippen molar-refractivity contribution in [3.63, 3.8) is 0 Å². The molecule has 5 heteroatoms. The monoisotopic (exact) mass is 311 g/mol. The van der Waals surface area contributed by atoms with Crippen LogP contribution in [-0.2, 0) is 0 Å². The van der Waals surface area contributed by atoms with Crippen LogP contribution in [-0.4, -0.2) is 10.9 Å². The van der Waals surface area contributed by atoms with Crippen molar-refractivity contribution in [1.29, 1.82) is 0 Å². The number of thiazole rings is 1. The molecule has 0 bridgehead atoms. The number of nitrogens with zero attached hydrogens (tertiary/aromatic N) is 1. The lowest BCUT2D eigenvalue weighted by atomic mass is 10.2. The molecule has 0 radical (unpaired) electrons. The van der Waals surface area contributed by atoms with E-state index >= 15 is 0 Å². The predicted octanol–water partition coefficient (Wildman–Crippen LogP) is 4.13. The second-order valence-corrected chi connectivity index (χ2v) is 5.32. The zero-order valence-corrected chi connectivity index (χ0v) is 13.1. The largest absolute Gasteiger partial charge is 0.366 e. The molecule has 1 aromatic heterocycles. The Morgan fingerprint density at radius 3 is 2.95 bits per heavy atom. The van der Waals surface area contributed by atoms with Crippen molar-refractivity contribution in [2.75, 3.05) is 5.32 Å². The van der Waals surface area contributed by atoms with E-state index in [1.807, 2.05) is 36.6 Å². The van der Waals surface area contributed by atoms with Crippen molar-refractivity contribution in [3.05, 3.63) is 71.8 Å². The molecule has 0 unspecified atom stereocenters. The molecule has 22 heavy (non-hydrogen) atoms. The maximum absolute atomic E-state index is 11.2. The molecule has 112 valence electrons. The van der Waals surface area contributed by atoms with Gasteiger partial charge in [-0.25, -0.2) is 4.98 Å². The van der Waals surface area contributed by atoms with Crippen LogP contribution in [0.15, 0.2) is 60.5 Å². The summed E-state index contributed by atoms with van der Waals surface area (Å²) in [6.07, 6.45) is 7.62. The lowest BCUT2D eigenvalue weighted by Gasteiger charge is -2.03. The first-order valence-corrected chi connectivity index (χ1v) is 7.60. The molecule has 0 aliphatic carbocycles. The molecule has 0 fully saturated rings. The molecule has 4 nitrogen and oxygen atoms in total. The fourth-order valence-corrected chi connectivity index (χ4v) is 2.54. The highest BCUT2D eigenvalue weighted by atomic mass is 32.1. The number of primary amides is 1. The summed E-state index contributed by atoms with van der Waals surface area (Å²) in [7, 11) is 0. The minimum absolute atomic E-state index is 0.452. The van der Waals surface area contributed by atoms with Crippen LogP contribution in [0.25, 0.3) is 5.57 Å². The third-order valence-electron chi connectivity index (χ3n) is 2.89. The second-order valence-electron chi connectivity index (χ2n) is 4.46. The van der Waals surface area contributed by atoms with Gasteiger partial charge in [0, 0.05) is 22.2 Å². The van der Waals surface area contributed by atoms with Crippen LogP contribution in [0.2, 0.25) is 0 Å². The number of nitrogens with two attached hydrogens (primary N) is 1. The first kappa shape index (κ1) is 15.7. The molecule has 1 aromatic carbocycles. The van der Waals surface area contributed by atoms with E-state index in [0.717, 1.165) is 22.1 Å². The number of rotatable bonds is 6. The van der Waals surface area contributed by atoms with Crippen LogP contribution in [0.5, 0.6) is 0 Å². The van der Waals surface area contributed by atoms with E-state index in [1.54, 1.807) is 24.3 Å². The predicted molar refractivity (Wildman–Crippen MR) is 93.3 cm³/mol. The number of anilines is 2. The molecule has 2 aromatic rings. The first-order valence-electron chi connectivity index (χ1n) is 6.72. The summed E-state index contributed by atoms with van der Waals surface area (Å²) in [4.78, 5) is 15.7. The van der Waals surface area contributed by atoms with Gasteiger partial charge in [0.2, 0.25) is 5.91 Å². The third kappa shape index (κ3) is 3.93. The summed E-state index contributed by atoms with van der Waals surface area (Å²) in [6, 6.07) is 7.01. The van der Waals surface area contributed by atoms with Crippen molar-refractivity contribution < 1.29 is 4.79 Å². The topological polar surface area (TPSA) is 68.0 Å². The highest BCUT2D eigenvalue weighted by Crippen LogP contribution is 2.25. The van der Waals surface area contributed by atoms with Gasteiger partial charge in [0.15, 0.2) is 5.13 Å². The van der Waals surface area contributed by atoms with E-state index in [0.29, 0.717) is 5.56 Å². The number of carbonyl (C=O) groups is 1. The Kier molecular flexibility index (Phi) is 5.27. The van der Waals surface area contributed by atoms with Crippen LogP contribution < -0.4 is 11.1 Å². The molecular formula is C17H17N3OS. The van der Waals surface area contributed by atoms with Crippen LogP contribution in [0.3, 0.4) is 0 Å². The Morgan fingerprint density at radius 2 is 2.27 bits per heavy atom. The second kappa shape index (κ2) is 7.38. The lowest BCUT2D eigenvalue weighted by molar-refractivity contribution is 0.100. The molecule has 0 aliphatic rings. The summed E-state index contributed by atoms with van der Waals surface area (Å²) in [5.41, 5.74) is 8.32. The zero-order chi connectivity index (χ0) is 15.9. The molecule has 0 aliphatic heterocycles. The number of allylic oxidation sites excluding steroid dienone is 5. The molecule has 0 saturated carbocycles. The van der Waals surface area contributed by atoms with Crippen molar-refractivity contribution in [3.8, 4) is 0 Å². The highest BCUT2D eigenvalue weighted by molar-refractivity contribution is 7.13. The van der Waals surface area contributed by atoms with E-state index in [-0.39, 0.29) is 0 Å². The van der Waals surface area contributed by atoms with E-state index in [4.69, 9.17) is 5.73 Å². The van der Waals surface area contributed by atoms with Crippen molar-refractivity contribution >= 4 is 33.6 Å². The summed E-state index contributed by atoms with van der Waals surface area (Å²) in [6.45, 7) is 5.76. The molecule has 2 rings (SSSR count). The number of hydrogen-bond donors (Lipinski definition) is 2. The SMILES string of the molecule is C=C/C(=C\C=C/C)c1csc(Nc2cccc(C(N)=O)c2)n1. The Labute approximate surface area is 133 Å². The molecule has 0 atom stereocenters. The van der Waals surface area contributed by atoms with E-state index in [2.05, 4.69) is 16.9 Å². The molecule has 1 amide bonds. The smallest absolute Gasteiger partial charge is 0.248 e. The lowest BCUT2D eigenvalue weighted by Crippen LogP contribution is -2.10. The van der Waals surface area contributed by atoms with Gasteiger partial charge in [-0.1, -0.05) is 36.9 Å². The normalized spacial score (nSPS) is 11.6. The molecule has 0 spiro atoms. The van der Waals surface area contributed by atoms with Gasteiger partial charge < -0.3 is 11.1 Å². The summed E-state index contributed by atoms with van der Waals surface area (Å²) >= 11 is 1.48. The van der Waals surface area contributed by atoms with Crippen LogP contribution >= 0.6 is 11.3 Å². The average Bonchev–Trinajstić information content (AvgIpc) is 2.96. The van der Waals surface area contributed by atoms with Crippen LogP contribution in [0.1, 0.15) is 23.0 Å². The van der Waals surface area contributed by atoms with Gasteiger partial charge in [-0.15, -0.1) is 11.3 Å². The van der Waals surface area contributed by atoms with Gasteiger partial charge in [-0.3, -0.25) is 4.79 Å². The summed E-state index contributed by atoms with van der Waals surface area (Å²) in [5.74, 6) is -0.452. The number of carbonyl (C=O) groups excluding carboxylic acids is 1. The van der Waals surface area contributed by atoms with Crippen molar-refractivity contribution in [2.24, 2.45) is 5.73 Å². The molecule has 1 heterocycles. The van der Waals surface area contributed by atoms with Crippen molar-refractivity contribution in [1.82, 2.24) is 4.98 Å². The van der Waals surface area contributed by atoms with Gasteiger partial charge in [0.1, 0.15) is 0 Å². The van der Waals surface area contributed by atoms with Gasteiger partial charge in [-0.2, -0.15) is 0 Å². The first-order chi connectivity index (χ1) is 10.6. The van der Waals surface area contributed by atoms with E-state index in [1.165, 1.54) is 11.3 Å². The Morgan fingerprint density at radius 1 is 1.45 bits per heavy atom. The van der Waals surface area contributed by atoms with Crippen LogP contribution in [0.4, 0.5) is 10.8 Å². The Balaban J connectivity index is 2.20. The van der Waals surface area contributed by atoms with Gasteiger partial charge in [-0.05, 0) is 25.1 Å². The quantitative estimate of drug-likeness (QED) is 0.788. The average molecular weight is 311 g/mol. The fraction of sp³-hybridized carbons (Fsp3) is 0.0588. The number of hydrogen-bond acceptors (Lipinski definition) is 4. The van der Waals surface area contributed by atoms with E-state index in [9.17, 15) is 4.79 Å². The summed E-state index contributed by atoms with van der Waals surface area (Å²) in [5, 5.41) is 5.87. The number of aromatic nitrogens is 1. The van der Waals surface area contributed by atoms with E-state index < -0.39 is 5.91 Å². The maximum Gasteiger partial charge on any atom is 0.248 e. The number of amides is 1. The molecule has 3 N–H and O–H groups in total. The summed E-state index contributed by atoms with van der Waals surface area (Å²) < 4.78 is 0. The van der Waals surface area contributed by atoms with Crippen molar-refractivity contribution in [2.45, 2.75) is 6.92 Å². The maximum atomic E-state index is 11.2. The minimum atomic E-state index is -0.452. The van der Waals surface area contributed by atoms with Gasteiger partial charge in [0.25, 0.3) is 0 Å². The third-order valence-corrected chi connectivity index (χ3v) is 3.64. The standard InChI is InChI=1S/C17H17N3OS/c1-3-5-7-12(4-2)15-11-22-17(20-15)19-14-9-6-8-13(10-14)16(18)21/h3-11H,2H2,1H3,(H2,18,21)(H,19,20)/b5-3-,12-7+.